The van der Waals surface area contributed by atoms with Crippen molar-refractivity contribution in [1.29, 1.82) is 0 Å². The molecular weight excluding hydrogens is 202 g/mol. The number of carbonyl (C=O) groups excluding carboxylic acids is 1. The van der Waals surface area contributed by atoms with Crippen LogP contribution in [0.25, 0.3) is 0 Å². The lowest BCUT2D eigenvalue weighted by molar-refractivity contribution is -0.114. The predicted octanol–water partition coefficient (Wildman–Crippen LogP) is 3.02. The molecule has 3 nitrogen and oxygen atoms in total. The number of ether oxygens (including phenoxy) is 1. The summed E-state index contributed by atoms with van der Waals surface area (Å²) in [6, 6.07) is 0. The highest BCUT2D eigenvalue weighted by atomic mass is 16.5. The second-order valence-electron chi connectivity index (χ2n) is 3.63. The lowest BCUT2D eigenvalue weighted by atomic mass is 10.1. The summed E-state index contributed by atoms with van der Waals surface area (Å²) in [7, 11) is 0. The van der Waals surface area contributed by atoms with Crippen LogP contribution in [0.3, 0.4) is 0 Å². The summed E-state index contributed by atoms with van der Waals surface area (Å²) in [5.74, 6) is 0.364. The van der Waals surface area contributed by atoms with Crippen LogP contribution in [0.15, 0.2) is 28.8 Å². The summed E-state index contributed by atoms with van der Waals surface area (Å²) in [5, 5.41) is 0. The summed E-state index contributed by atoms with van der Waals surface area (Å²) in [6.07, 6.45) is 9.35. The van der Waals surface area contributed by atoms with Crippen LogP contribution in [0.5, 0.6) is 0 Å². The molecule has 1 rings (SSSR count). The Morgan fingerprint density at radius 3 is 2.81 bits per heavy atom. The Morgan fingerprint density at radius 2 is 2.25 bits per heavy atom. The van der Waals surface area contributed by atoms with Crippen LogP contribution >= 0.6 is 0 Å². The number of amides is 1. The third-order valence-electron chi connectivity index (χ3n) is 2.24. The van der Waals surface area contributed by atoms with Gasteiger partial charge in [0.25, 0.3) is 5.91 Å². The Balaban J connectivity index is 2.67. The largest absolute Gasteiger partial charge is 0.481 e. The van der Waals surface area contributed by atoms with E-state index in [9.17, 15) is 4.79 Å². The average molecular weight is 221 g/mol. The molecule has 0 saturated carbocycles. The van der Waals surface area contributed by atoms with E-state index in [-0.39, 0.29) is 5.91 Å². The molecule has 0 aromatic carbocycles. The fraction of sp³-hybridized carbons (Fsp3) is 0.538. The Bertz CT molecular complexity index is 319. The van der Waals surface area contributed by atoms with Crippen molar-refractivity contribution in [3.8, 4) is 0 Å². The zero-order chi connectivity index (χ0) is 11.8. The fourth-order valence-electron chi connectivity index (χ4n) is 1.49. The quantitative estimate of drug-likeness (QED) is 0.540. The fourth-order valence-corrected chi connectivity index (χ4v) is 1.49. The minimum Gasteiger partial charge on any atom is -0.481 e. The Kier molecular flexibility index (Phi) is 5.54. The summed E-state index contributed by atoms with van der Waals surface area (Å²) in [5.41, 5.74) is 0.680. The molecule has 1 aliphatic carbocycles. The second kappa shape index (κ2) is 6.99. The summed E-state index contributed by atoms with van der Waals surface area (Å²) < 4.78 is 5.32. The van der Waals surface area contributed by atoms with Crippen LogP contribution < -0.4 is 0 Å². The van der Waals surface area contributed by atoms with Crippen molar-refractivity contribution in [3.05, 3.63) is 23.8 Å². The molecule has 0 N–H and O–H groups in total. The van der Waals surface area contributed by atoms with Crippen LogP contribution in [0.1, 0.15) is 39.5 Å². The summed E-state index contributed by atoms with van der Waals surface area (Å²) in [4.78, 5) is 15.8. The predicted molar refractivity (Wildman–Crippen MR) is 65.4 cm³/mol. The van der Waals surface area contributed by atoms with Crippen LogP contribution in [0, 0.1) is 0 Å². The highest BCUT2D eigenvalue weighted by Gasteiger charge is 2.09. The lowest BCUT2D eigenvalue weighted by Crippen LogP contribution is -2.09. The summed E-state index contributed by atoms with van der Waals surface area (Å²) >= 11 is 0. The molecule has 0 heterocycles. The van der Waals surface area contributed by atoms with E-state index < -0.39 is 0 Å². The van der Waals surface area contributed by atoms with Crippen molar-refractivity contribution in [2.45, 2.75) is 39.5 Å². The third-order valence-corrected chi connectivity index (χ3v) is 2.24. The molecule has 0 atom stereocenters. The lowest BCUT2D eigenvalue weighted by Gasteiger charge is -2.06. The van der Waals surface area contributed by atoms with Gasteiger partial charge in [0, 0.05) is 12.0 Å². The molecule has 0 aromatic heterocycles. The molecule has 3 heteroatoms. The molecule has 16 heavy (non-hydrogen) atoms. The zero-order valence-electron chi connectivity index (χ0n) is 10.0. The van der Waals surface area contributed by atoms with Crippen molar-refractivity contribution in [2.75, 3.05) is 6.61 Å². The first-order chi connectivity index (χ1) is 7.77. The van der Waals surface area contributed by atoms with E-state index in [0.717, 1.165) is 25.7 Å². The normalized spacial score (nSPS) is 15.9. The van der Waals surface area contributed by atoms with Crippen LogP contribution in [0.2, 0.25) is 0 Å². The maximum Gasteiger partial charge on any atom is 0.279 e. The molecule has 0 saturated heterocycles. The topological polar surface area (TPSA) is 38.7 Å². The smallest absolute Gasteiger partial charge is 0.279 e. The van der Waals surface area contributed by atoms with Crippen molar-refractivity contribution in [2.24, 2.45) is 4.99 Å². The van der Waals surface area contributed by atoms with Gasteiger partial charge in [-0.25, -0.2) is 0 Å². The molecule has 0 spiro atoms. The van der Waals surface area contributed by atoms with Crippen molar-refractivity contribution in [1.82, 2.24) is 0 Å². The number of hydrogen-bond donors (Lipinski definition) is 0. The van der Waals surface area contributed by atoms with E-state index >= 15 is 0 Å². The van der Waals surface area contributed by atoms with Gasteiger partial charge in [-0.05, 0) is 26.2 Å². The van der Waals surface area contributed by atoms with Gasteiger partial charge in [-0.3, -0.25) is 4.79 Å². The molecule has 0 unspecified atom stereocenters. The van der Waals surface area contributed by atoms with Gasteiger partial charge < -0.3 is 4.74 Å². The maximum atomic E-state index is 11.8. The monoisotopic (exact) mass is 221 g/mol. The van der Waals surface area contributed by atoms with E-state index in [1.165, 1.54) is 0 Å². The molecule has 1 amide bonds. The first-order valence-electron chi connectivity index (χ1n) is 5.89. The SMILES string of the molecule is CCCC(=NC(=O)C1=CCCC=C1)OCC. The second-order valence-corrected chi connectivity index (χ2v) is 3.63. The average Bonchev–Trinajstić information content (AvgIpc) is 2.31. The molecule has 0 fully saturated rings. The van der Waals surface area contributed by atoms with E-state index in [4.69, 9.17) is 4.74 Å². The van der Waals surface area contributed by atoms with Gasteiger partial charge in [-0.2, -0.15) is 4.99 Å². The molecule has 1 aliphatic rings. The standard InChI is InChI=1S/C13H19NO2/c1-3-8-12(16-4-2)14-13(15)11-9-6-5-7-10-11/h6,9-10H,3-5,7-8H2,1-2H3. The van der Waals surface area contributed by atoms with E-state index in [1.54, 1.807) is 0 Å². The molecule has 0 aromatic rings. The Labute approximate surface area is 96.9 Å². The third kappa shape index (κ3) is 4.01. The van der Waals surface area contributed by atoms with Gasteiger partial charge in [-0.15, -0.1) is 0 Å². The molecule has 0 bridgehead atoms. The van der Waals surface area contributed by atoms with Crippen LogP contribution in [-0.4, -0.2) is 18.4 Å². The first kappa shape index (κ1) is 12.7. The first-order valence-corrected chi connectivity index (χ1v) is 5.89. The Morgan fingerprint density at radius 1 is 1.44 bits per heavy atom. The van der Waals surface area contributed by atoms with Gasteiger partial charge in [-0.1, -0.05) is 25.2 Å². The van der Waals surface area contributed by atoms with Crippen molar-refractivity contribution < 1.29 is 9.53 Å². The molecule has 0 radical (unpaired) electrons. The number of nitrogens with zero attached hydrogens (tertiary/aromatic N) is 1. The highest BCUT2D eigenvalue weighted by Crippen LogP contribution is 2.11. The molecule has 0 aliphatic heterocycles. The number of aliphatic imine (C=N–C) groups is 1. The van der Waals surface area contributed by atoms with E-state index in [0.29, 0.717) is 18.1 Å². The minimum atomic E-state index is -0.187. The molecule has 88 valence electrons. The van der Waals surface area contributed by atoms with Crippen LogP contribution in [-0.2, 0) is 9.53 Å². The van der Waals surface area contributed by atoms with E-state index in [2.05, 4.69) is 4.99 Å². The number of carbonyl (C=O) groups is 1. The van der Waals surface area contributed by atoms with E-state index in [1.807, 2.05) is 32.1 Å². The van der Waals surface area contributed by atoms with Gasteiger partial charge in [0.1, 0.15) is 0 Å². The zero-order valence-corrected chi connectivity index (χ0v) is 10.0. The number of rotatable bonds is 4. The van der Waals surface area contributed by atoms with Gasteiger partial charge in [0.05, 0.1) is 6.61 Å². The Hall–Kier alpha value is -1.38. The minimum absolute atomic E-state index is 0.187. The maximum absolute atomic E-state index is 11.8. The van der Waals surface area contributed by atoms with Gasteiger partial charge in [0.2, 0.25) is 0 Å². The van der Waals surface area contributed by atoms with Crippen LogP contribution in [0.4, 0.5) is 0 Å². The highest BCUT2D eigenvalue weighted by molar-refractivity contribution is 6.03. The van der Waals surface area contributed by atoms with Gasteiger partial charge >= 0.3 is 0 Å². The number of hydrogen-bond acceptors (Lipinski definition) is 2. The van der Waals surface area contributed by atoms with Gasteiger partial charge in [0.15, 0.2) is 5.90 Å². The molecular formula is C13H19NO2. The van der Waals surface area contributed by atoms with Crippen molar-refractivity contribution >= 4 is 11.8 Å². The van der Waals surface area contributed by atoms with Crippen molar-refractivity contribution in [3.63, 3.8) is 0 Å². The number of allylic oxidation sites excluding steroid dienone is 2. The summed E-state index contributed by atoms with van der Waals surface area (Å²) in [6.45, 7) is 4.50.